The number of aromatic nitrogens is 4. The molecule has 3 N–H and O–H groups in total. The fourth-order valence-corrected chi connectivity index (χ4v) is 4.59. The summed E-state index contributed by atoms with van der Waals surface area (Å²) in [5, 5.41) is 7.02. The van der Waals surface area contributed by atoms with Crippen molar-refractivity contribution in [2.45, 2.75) is 51.1 Å². The normalized spacial score (nSPS) is 23.9. The Labute approximate surface area is 195 Å². The molecule has 0 aliphatic carbocycles. The highest BCUT2D eigenvalue weighted by atomic mass is 19.4. The summed E-state index contributed by atoms with van der Waals surface area (Å²) in [6, 6.07) is 3.87. The highest BCUT2D eigenvalue weighted by Gasteiger charge is 2.36. The van der Waals surface area contributed by atoms with Crippen LogP contribution in [0.1, 0.15) is 32.3 Å². The molecule has 2 aliphatic heterocycles. The topological polar surface area (TPSA) is 91.0 Å². The van der Waals surface area contributed by atoms with Gasteiger partial charge in [-0.1, -0.05) is 0 Å². The van der Waals surface area contributed by atoms with E-state index in [2.05, 4.69) is 37.4 Å². The van der Waals surface area contributed by atoms with Crippen molar-refractivity contribution in [1.29, 1.82) is 0 Å². The minimum absolute atomic E-state index is 0.0726. The number of rotatable bonds is 4. The molecule has 0 amide bonds. The van der Waals surface area contributed by atoms with E-state index in [0.717, 1.165) is 37.9 Å². The van der Waals surface area contributed by atoms with Crippen molar-refractivity contribution in [3.8, 4) is 11.3 Å². The lowest BCUT2D eigenvalue weighted by Crippen LogP contribution is -2.47. The van der Waals surface area contributed by atoms with Gasteiger partial charge in [0.05, 0.1) is 24.4 Å². The van der Waals surface area contributed by atoms with E-state index in [-0.39, 0.29) is 29.8 Å². The molecule has 11 heteroatoms. The average Bonchev–Trinajstić information content (AvgIpc) is 3.24. The van der Waals surface area contributed by atoms with Crippen LogP contribution >= 0.6 is 0 Å². The number of anilines is 2. The Morgan fingerprint density at radius 1 is 1.21 bits per heavy atom. The van der Waals surface area contributed by atoms with Gasteiger partial charge < -0.3 is 25.3 Å². The van der Waals surface area contributed by atoms with E-state index in [9.17, 15) is 13.2 Å². The summed E-state index contributed by atoms with van der Waals surface area (Å²) in [7, 11) is 0. The molecule has 0 radical (unpaired) electrons. The van der Waals surface area contributed by atoms with Gasteiger partial charge in [0.1, 0.15) is 17.0 Å². The van der Waals surface area contributed by atoms with Gasteiger partial charge in [-0.25, -0.2) is 15.0 Å². The van der Waals surface area contributed by atoms with Gasteiger partial charge in [0.15, 0.2) is 0 Å². The lowest BCUT2D eigenvalue weighted by Gasteiger charge is -2.37. The summed E-state index contributed by atoms with van der Waals surface area (Å²) in [6.07, 6.45) is -0.216. The van der Waals surface area contributed by atoms with Crippen molar-refractivity contribution in [3.05, 3.63) is 30.1 Å². The zero-order valence-corrected chi connectivity index (χ0v) is 19.1. The molecule has 3 aromatic rings. The number of alkyl halides is 3. The van der Waals surface area contributed by atoms with Crippen LogP contribution in [0.2, 0.25) is 0 Å². The molecule has 0 aromatic carbocycles. The third-order valence-electron chi connectivity index (χ3n) is 6.41. The first kappa shape index (κ1) is 22.9. The lowest BCUT2D eigenvalue weighted by molar-refractivity contribution is -0.137. The van der Waals surface area contributed by atoms with Crippen LogP contribution < -0.4 is 15.5 Å². The molecule has 182 valence electrons. The molecule has 0 bridgehead atoms. The number of nitrogens with one attached hydrogen (secondary N) is 3. The van der Waals surface area contributed by atoms with Crippen LogP contribution in [0.25, 0.3) is 22.3 Å². The third kappa shape index (κ3) is 4.54. The molecule has 0 spiro atoms. The largest absolute Gasteiger partial charge is 0.419 e. The van der Waals surface area contributed by atoms with Crippen LogP contribution in [0.3, 0.4) is 0 Å². The minimum atomic E-state index is -4.59. The fraction of sp³-hybridized carbons (Fsp3) is 0.522. The van der Waals surface area contributed by atoms with Crippen LogP contribution in [0.5, 0.6) is 0 Å². The number of pyridine rings is 1. The molecule has 5 heterocycles. The van der Waals surface area contributed by atoms with Crippen LogP contribution in [-0.2, 0) is 10.9 Å². The predicted molar refractivity (Wildman–Crippen MR) is 124 cm³/mol. The van der Waals surface area contributed by atoms with Crippen LogP contribution in [0, 0.1) is 0 Å². The zero-order valence-electron chi connectivity index (χ0n) is 19.1. The van der Waals surface area contributed by atoms with Gasteiger partial charge in [-0.05, 0) is 45.4 Å². The molecule has 3 aromatic heterocycles. The maximum Gasteiger partial charge on any atom is 0.419 e. The van der Waals surface area contributed by atoms with Crippen LogP contribution in [-0.4, -0.2) is 64.4 Å². The maximum absolute atomic E-state index is 13.9. The third-order valence-corrected chi connectivity index (χ3v) is 6.41. The van der Waals surface area contributed by atoms with E-state index < -0.39 is 11.7 Å². The quantitative estimate of drug-likeness (QED) is 0.529. The Bertz CT molecular complexity index is 1160. The lowest BCUT2D eigenvalue weighted by atomic mass is 10.1. The first-order valence-corrected chi connectivity index (χ1v) is 11.6. The SMILES string of the molecule is C[C@@H]1CN(c2ccc3c(-c4nc(N[C@H]5CCCNC5)ncc4C(F)(F)F)c[nH]c3n2)[C@H](C)CO1. The summed E-state index contributed by atoms with van der Waals surface area (Å²) in [5.41, 5.74) is -0.183. The van der Waals surface area contributed by atoms with Gasteiger partial charge in [0, 0.05) is 42.5 Å². The first-order valence-electron chi connectivity index (χ1n) is 11.6. The van der Waals surface area contributed by atoms with E-state index in [1.54, 1.807) is 6.07 Å². The Kier molecular flexibility index (Phi) is 6.07. The van der Waals surface area contributed by atoms with Crippen molar-refractivity contribution in [1.82, 2.24) is 25.3 Å². The zero-order chi connectivity index (χ0) is 23.9. The molecule has 2 fully saturated rings. The van der Waals surface area contributed by atoms with E-state index in [1.807, 2.05) is 13.0 Å². The highest BCUT2D eigenvalue weighted by Crippen LogP contribution is 2.39. The van der Waals surface area contributed by atoms with Crippen molar-refractivity contribution in [2.75, 3.05) is 36.5 Å². The van der Waals surface area contributed by atoms with Gasteiger partial charge in [-0.2, -0.15) is 13.2 Å². The van der Waals surface area contributed by atoms with Crippen molar-refractivity contribution >= 4 is 22.8 Å². The summed E-state index contributed by atoms with van der Waals surface area (Å²) in [5.74, 6) is 0.946. The van der Waals surface area contributed by atoms with Crippen molar-refractivity contribution in [3.63, 3.8) is 0 Å². The van der Waals surface area contributed by atoms with Gasteiger partial charge in [-0.3, -0.25) is 0 Å². The minimum Gasteiger partial charge on any atom is -0.375 e. The molecule has 5 rings (SSSR count). The van der Waals surface area contributed by atoms with Crippen molar-refractivity contribution in [2.24, 2.45) is 0 Å². The van der Waals surface area contributed by atoms with Gasteiger partial charge in [0.25, 0.3) is 0 Å². The molecule has 2 saturated heterocycles. The number of hydrogen-bond donors (Lipinski definition) is 3. The molecule has 2 aliphatic rings. The Morgan fingerprint density at radius 3 is 2.82 bits per heavy atom. The molecular weight excluding hydrogens is 447 g/mol. The van der Waals surface area contributed by atoms with E-state index in [0.29, 0.717) is 29.7 Å². The van der Waals surface area contributed by atoms with Crippen LogP contribution in [0.15, 0.2) is 24.5 Å². The summed E-state index contributed by atoms with van der Waals surface area (Å²) in [6.45, 7) is 7.01. The van der Waals surface area contributed by atoms with Gasteiger partial charge in [0.2, 0.25) is 5.95 Å². The Morgan fingerprint density at radius 2 is 2.06 bits per heavy atom. The molecule has 3 atom stereocenters. The first-order chi connectivity index (χ1) is 16.3. The second-order valence-electron chi connectivity index (χ2n) is 9.05. The second kappa shape index (κ2) is 9.03. The van der Waals surface area contributed by atoms with Gasteiger partial charge >= 0.3 is 6.18 Å². The monoisotopic (exact) mass is 475 g/mol. The average molecular weight is 476 g/mol. The van der Waals surface area contributed by atoms with Gasteiger partial charge in [-0.15, -0.1) is 0 Å². The molecule has 34 heavy (non-hydrogen) atoms. The number of halogens is 3. The molecular formula is C23H28F3N7O. The van der Waals surface area contributed by atoms with Crippen LogP contribution in [0.4, 0.5) is 24.9 Å². The molecule has 0 saturated carbocycles. The Balaban J connectivity index is 1.52. The summed E-state index contributed by atoms with van der Waals surface area (Å²) < 4.78 is 47.3. The summed E-state index contributed by atoms with van der Waals surface area (Å²) >= 11 is 0. The standard InChI is InChI=1S/C23H28F3N7O/c1-13-12-34-14(2)11-33(13)19-6-5-16-17(9-28-21(16)31-19)20-18(23(24,25)26)10-29-22(32-20)30-15-4-3-7-27-8-15/h5-6,9-10,13-15,27H,3-4,7-8,11-12H2,1-2H3,(H,28,31)(H,29,30,32)/t13-,14-,15+/m1/s1. The number of piperidine rings is 1. The number of aromatic amines is 1. The second-order valence-corrected chi connectivity index (χ2v) is 9.05. The van der Waals surface area contributed by atoms with E-state index >= 15 is 0 Å². The Hall–Kier alpha value is -2.92. The smallest absolute Gasteiger partial charge is 0.375 e. The fourth-order valence-electron chi connectivity index (χ4n) is 4.59. The number of morpholine rings is 1. The summed E-state index contributed by atoms with van der Waals surface area (Å²) in [4.78, 5) is 18.2. The maximum atomic E-state index is 13.9. The highest BCUT2D eigenvalue weighted by molar-refractivity contribution is 5.94. The number of hydrogen-bond acceptors (Lipinski definition) is 7. The number of ether oxygens (including phenoxy) is 1. The van der Waals surface area contributed by atoms with E-state index in [1.165, 1.54) is 6.20 Å². The number of nitrogens with zero attached hydrogens (tertiary/aromatic N) is 4. The molecule has 8 nitrogen and oxygen atoms in total. The molecule has 0 unspecified atom stereocenters. The van der Waals surface area contributed by atoms with Crippen molar-refractivity contribution < 1.29 is 17.9 Å². The number of fused-ring (bicyclic) bond motifs is 1. The number of H-pyrrole nitrogens is 1. The predicted octanol–water partition coefficient (Wildman–Crippen LogP) is 3.82. The van der Waals surface area contributed by atoms with E-state index in [4.69, 9.17) is 9.72 Å².